The Labute approximate surface area is 117 Å². The Morgan fingerprint density at radius 1 is 1.37 bits per heavy atom. The topological polar surface area (TPSA) is 87.2 Å². The van der Waals surface area contributed by atoms with Gasteiger partial charge in [0, 0.05) is 19.1 Å². The Bertz CT molecular complexity index is 616. The second-order valence-corrected chi connectivity index (χ2v) is 6.81. The van der Waals surface area contributed by atoms with Crippen molar-refractivity contribution in [2.24, 2.45) is 5.73 Å². The molecule has 0 radical (unpaired) electrons. The Balaban J connectivity index is 2.37. The van der Waals surface area contributed by atoms with Gasteiger partial charge in [-0.25, -0.2) is 8.42 Å². The first-order chi connectivity index (χ1) is 8.95. The van der Waals surface area contributed by atoms with Crippen LogP contribution in [0.3, 0.4) is 0 Å². The number of nitriles is 1. The minimum atomic E-state index is -3.65. The fourth-order valence-electron chi connectivity index (χ4n) is 2.03. The van der Waals surface area contributed by atoms with Gasteiger partial charge in [-0.2, -0.15) is 9.57 Å². The maximum Gasteiger partial charge on any atom is 0.244 e. The van der Waals surface area contributed by atoms with Crippen LogP contribution in [0, 0.1) is 11.3 Å². The van der Waals surface area contributed by atoms with Crippen LogP contribution in [0.4, 0.5) is 0 Å². The van der Waals surface area contributed by atoms with Crippen LogP contribution < -0.4 is 5.73 Å². The molecule has 0 aliphatic carbocycles. The van der Waals surface area contributed by atoms with Crippen molar-refractivity contribution in [1.29, 1.82) is 5.26 Å². The second-order valence-electron chi connectivity index (χ2n) is 4.50. The van der Waals surface area contributed by atoms with Gasteiger partial charge >= 0.3 is 0 Å². The van der Waals surface area contributed by atoms with E-state index >= 15 is 0 Å². The normalized spacial score (nSPS) is 18.2. The predicted octanol–water partition coefficient (Wildman–Crippen LogP) is 1.32. The minimum absolute atomic E-state index is 0.0105. The number of hydrogen-bond acceptors (Lipinski definition) is 4. The van der Waals surface area contributed by atoms with Crippen molar-refractivity contribution in [2.75, 3.05) is 13.1 Å². The summed E-state index contributed by atoms with van der Waals surface area (Å²) in [4.78, 5) is -0.0105. The van der Waals surface area contributed by atoms with Gasteiger partial charge in [0.1, 0.15) is 4.90 Å². The largest absolute Gasteiger partial charge is 0.328 e. The van der Waals surface area contributed by atoms with E-state index in [0.717, 1.165) is 0 Å². The molecule has 0 bridgehead atoms. The van der Waals surface area contributed by atoms with Gasteiger partial charge in [0.25, 0.3) is 0 Å². The molecule has 2 N–H and O–H groups in total. The van der Waals surface area contributed by atoms with Crippen LogP contribution >= 0.6 is 11.6 Å². The highest BCUT2D eigenvalue weighted by atomic mass is 35.5. The SMILES string of the molecule is N#Cc1ccc(Cl)c(S(=O)(=O)N2CCC(N)CC2)c1. The van der Waals surface area contributed by atoms with E-state index in [2.05, 4.69) is 0 Å². The average molecular weight is 300 g/mol. The number of rotatable bonds is 2. The molecule has 102 valence electrons. The van der Waals surface area contributed by atoms with Crippen LogP contribution in [0.15, 0.2) is 23.1 Å². The van der Waals surface area contributed by atoms with Crippen molar-refractivity contribution in [3.63, 3.8) is 0 Å². The molecule has 1 aromatic carbocycles. The number of halogens is 1. The summed E-state index contributed by atoms with van der Waals surface area (Å²) in [6, 6.07) is 6.20. The maximum atomic E-state index is 12.5. The van der Waals surface area contributed by atoms with E-state index in [1.54, 1.807) is 0 Å². The number of piperidine rings is 1. The zero-order valence-electron chi connectivity index (χ0n) is 10.2. The van der Waals surface area contributed by atoms with Crippen LogP contribution in [0.5, 0.6) is 0 Å². The third-order valence-electron chi connectivity index (χ3n) is 3.18. The summed E-state index contributed by atoms with van der Waals surface area (Å²) in [5.74, 6) is 0. The fourth-order valence-corrected chi connectivity index (χ4v) is 4.00. The zero-order valence-corrected chi connectivity index (χ0v) is 11.8. The van der Waals surface area contributed by atoms with Crippen molar-refractivity contribution in [2.45, 2.75) is 23.8 Å². The van der Waals surface area contributed by atoms with E-state index in [1.807, 2.05) is 6.07 Å². The lowest BCUT2D eigenvalue weighted by atomic mass is 10.1. The van der Waals surface area contributed by atoms with E-state index in [4.69, 9.17) is 22.6 Å². The quantitative estimate of drug-likeness (QED) is 0.892. The summed E-state index contributed by atoms with van der Waals surface area (Å²) in [6.45, 7) is 0.771. The molecular formula is C12H14ClN3O2S. The molecule has 0 atom stereocenters. The van der Waals surface area contributed by atoms with Gasteiger partial charge in [0.05, 0.1) is 16.7 Å². The predicted molar refractivity (Wildman–Crippen MR) is 72.1 cm³/mol. The highest BCUT2D eigenvalue weighted by molar-refractivity contribution is 7.89. The van der Waals surface area contributed by atoms with Gasteiger partial charge in [0.15, 0.2) is 0 Å². The van der Waals surface area contributed by atoms with Crippen LogP contribution in [0.2, 0.25) is 5.02 Å². The number of sulfonamides is 1. The molecule has 0 spiro atoms. The number of hydrogen-bond donors (Lipinski definition) is 1. The Hall–Kier alpha value is -1.13. The summed E-state index contributed by atoms with van der Waals surface area (Å²) in [5.41, 5.74) is 6.04. The van der Waals surface area contributed by atoms with Crippen LogP contribution in [-0.2, 0) is 10.0 Å². The highest BCUT2D eigenvalue weighted by Gasteiger charge is 2.30. The van der Waals surface area contributed by atoms with Crippen molar-refractivity contribution in [3.05, 3.63) is 28.8 Å². The number of benzene rings is 1. The van der Waals surface area contributed by atoms with E-state index in [1.165, 1.54) is 22.5 Å². The van der Waals surface area contributed by atoms with E-state index in [-0.39, 0.29) is 21.5 Å². The summed E-state index contributed by atoms with van der Waals surface area (Å²) in [5, 5.41) is 8.98. The summed E-state index contributed by atoms with van der Waals surface area (Å²) < 4.78 is 26.3. The summed E-state index contributed by atoms with van der Waals surface area (Å²) >= 11 is 5.95. The Morgan fingerprint density at radius 2 is 2.00 bits per heavy atom. The van der Waals surface area contributed by atoms with E-state index in [0.29, 0.717) is 25.9 Å². The minimum Gasteiger partial charge on any atom is -0.328 e. The molecule has 0 saturated carbocycles. The molecule has 1 aliphatic heterocycles. The fraction of sp³-hybridized carbons (Fsp3) is 0.417. The first-order valence-corrected chi connectivity index (χ1v) is 7.72. The van der Waals surface area contributed by atoms with Gasteiger partial charge in [-0.3, -0.25) is 0 Å². The Kier molecular flexibility index (Phi) is 4.11. The molecule has 1 aromatic rings. The molecular weight excluding hydrogens is 286 g/mol. The van der Waals surface area contributed by atoms with E-state index in [9.17, 15) is 8.42 Å². The molecule has 1 heterocycles. The average Bonchev–Trinajstić information content (AvgIpc) is 2.39. The molecule has 5 nitrogen and oxygen atoms in total. The first-order valence-electron chi connectivity index (χ1n) is 5.90. The molecule has 0 unspecified atom stereocenters. The third kappa shape index (κ3) is 2.90. The third-order valence-corrected chi connectivity index (χ3v) is 5.56. The van der Waals surface area contributed by atoms with Crippen molar-refractivity contribution in [3.8, 4) is 6.07 Å². The van der Waals surface area contributed by atoms with Gasteiger partial charge in [-0.15, -0.1) is 0 Å². The Morgan fingerprint density at radius 3 is 2.58 bits per heavy atom. The van der Waals surface area contributed by atoms with Crippen LogP contribution in [-0.4, -0.2) is 31.9 Å². The van der Waals surface area contributed by atoms with Crippen LogP contribution in [0.1, 0.15) is 18.4 Å². The molecule has 0 amide bonds. The molecule has 19 heavy (non-hydrogen) atoms. The van der Waals surface area contributed by atoms with Crippen molar-refractivity contribution in [1.82, 2.24) is 4.31 Å². The molecule has 2 rings (SSSR count). The lowest BCUT2D eigenvalue weighted by Crippen LogP contribution is -2.42. The van der Waals surface area contributed by atoms with Crippen LogP contribution in [0.25, 0.3) is 0 Å². The monoisotopic (exact) mass is 299 g/mol. The van der Waals surface area contributed by atoms with E-state index < -0.39 is 10.0 Å². The molecule has 0 aromatic heterocycles. The molecule has 1 saturated heterocycles. The van der Waals surface area contributed by atoms with Gasteiger partial charge in [0.2, 0.25) is 10.0 Å². The maximum absolute atomic E-state index is 12.5. The molecule has 1 aliphatic rings. The van der Waals surface area contributed by atoms with Crippen molar-refractivity contribution < 1.29 is 8.42 Å². The standard InChI is InChI=1S/C12H14ClN3O2S/c13-11-2-1-9(8-14)7-12(11)19(17,18)16-5-3-10(15)4-6-16/h1-2,7,10H,3-6,15H2. The van der Waals surface area contributed by atoms with Crippen molar-refractivity contribution >= 4 is 21.6 Å². The lowest BCUT2D eigenvalue weighted by Gasteiger charge is -2.29. The summed E-state index contributed by atoms with van der Waals surface area (Å²) in [7, 11) is -3.65. The zero-order chi connectivity index (χ0) is 14.0. The molecule has 7 heteroatoms. The number of nitrogens with two attached hydrogens (primary N) is 1. The number of nitrogens with zero attached hydrogens (tertiary/aromatic N) is 2. The lowest BCUT2D eigenvalue weighted by molar-refractivity contribution is 0.320. The molecule has 1 fully saturated rings. The summed E-state index contributed by atoms with van der Waals surface area (Å²) in [6.07, 6.45) is 1.27. The van der Waals surface area contributed by atoms with Gasteiger partial charge in [-0.1, -0.05) is 11.6 Å². The van der Waals surface area contributed by atoms with Gasteiger partial charge in [-0.05, 0) is 31.0 Å². The van der Waals surface area contributed by atoms with Gasteiger partial charge < -0.3 is 5.73 Å². The highest BCUT2D eigenvalue weighted by Crippen LogP contribution is 2.27. The second kappa shape index (κ2) is 5.47. The smallest absolute Gasteiger partial charge is 0.244 e. The first kappa shape index (κ1) is 14.3.